The summed E-state index contributed by atoms with van der Waals surface area (Å²) in [4.78, 5) is 24.6. The number of halogens is 1. The van der Waals surface area contributed by atoms with E-state index in [9.17, 15) is 14.0 Å². The number of carbonyl (C=O) groups is 2. The fourth-order valence-electron chi connectivity index (χ4n) is 2.60. The Morgan fingerprint density at radius 3 is 2.89 bits per heavy atom. The van der Waals surface area contributed by atoms with Gasteiger partial charge in [-0.05, 0) is 42.7 Å². The zero-order valence-electron chi connectivity index (χ0n) is 14.2. The van der Waals surface area contributed by atoms with Crippen LogP contribution in [0.25, 0.3) is 6.08 Å². The summed E-state index contributed by atoms with van der Waals surface area (Å²) >= 11 is 6.13. The molecule has 0 spiro atoms. The molecule has 0 bridgehead atoms. The van der Waals surface area contributed by atoms with E-state index >= 15 is 0 Å². The Kier molecular flexibility index (Phi) is 6.08. The second-order valence-corrected chi connectivity index (χ2v) is 7.56. The molecular weight excluding hydrogens is 389 g/mol. The highest BCUT2D eigenvalue weighted by Crippen LogP contribution is 2.33. The summed E-state index contributed by atoms with van der Waals surface area (Å²) in [6.45, 7) is -0.328. The summed E-state index contributed by atoms with van der Waals surface area (Å²) in [5, 5.41) is 8.87. The van der Waals surface area contributed by atoms with Gasteiger partial charge >= 0.3 is 5.97 Å². The van der Waals surface area contributed by atoms with Crippen molar-refractivity contribution in [2.45, 2.75) is 12.8 Å². The number of benzene rings is 1. The zero-order valence-corrected chi connectivity index (χ0v) is 15.8. The van der Waals surface area contributed by atoms with Crippen LogP contribution in [0.4, 0.5) is 4.39 Å². The molecule has 0 unspecified atom stereocenters. The van der Waals surface area contributed by atoms with Crippen molar-refractivity contribution in [3.05, 3.63) is 58.3 Å². The van der Waals surface area contributed by atoms with Crippen molar-refractivity contribution < 1.29 is 23.8 Å². The van der Waals surface area contributed by atoms with Gasteiger partial charge in [0.1, 0.15) is 29.0 Å². The molecular formula is C19H16FNO4S2. The number of carboxylic acid groups (broad SMARTS) is 1. The highest BCUT2D eigenvalue weighted by atomic mass is 32.2. The molecule has 1 N–H and O–H groups in total. The van der Waals surface area contributed by atoms with Crippen molar-refractivity contribution in [2.24, 2.45) is 0 Å². The molecule has 0 aromatic heterocycles. The third-order valence-electron chi connectivity index (χ3n) is 3.90. The first-order valence-corrected chi connectivity index (χ1v) is 9.41. The van der Waals surface area contributed by atoms with Crippen LogP contribution in [0.15, 0.2) is 52.7 Å². The number of carbonyl (C=O) groups excluding carboxylic acids is 1. The van der Waals surface area contributed by atoms with E-state index in [1.54, 1.807) is 36.4 Å². The lowest BCUT2D eigenvalue weighted by Gasteiger charge is -2.12. The molecule has 1 aromatic rings. The third kappa shape index (κ3) is 4.84. The lowest BCUT2D eigenvalue weighted by Crippen LogP contribution is -2.33. The van der Waals surface area contributed by atoms with E-state index < -0.39 is 18.4 Å². The third-order valence-corrected chi connectivity index (χ3v) is 5.28. The van der Waals surface area contributed by atoms with Gasteiger partial charge in [-0.3, -0.25) is 14.5 Å². The van der Waals surface area contributed by atoms with Gasteiger partial charge in [-0.1, -0.05) is 42.2 Å². The summed E-state index contributed by atoms with van der Waals surface area (Å²) in [6.07, 6.45) is 6.50. The van der Waals surface area contributed by atoms with Crippen molar-refractivity contribution in [1.82, 2.24) is 4.90 Å². The number of rotatable bonds is 6. The Balaban J connectivity index is 1.70. The van der Waals surface area contributed by atoms with Crippen molar-refractivity contribution in [3.8, 4) is 5.75 Å². The molecule has 1 heterocycles. The minimum Gasteiger partial charge on any atom is -0.489 e. The van der Waals surface area contributed by atoms with Crippen molar-refractivity contribution in [2.75, 3.05) is 13.2 Å². The topological polar surface area (TPSA) is 66.8 Å². The van der Waals surface area contributed by atoms with Gasteiger partial charge in [-0.25, -0.2) is 4.39 Å². The molecule has 0 saturated carbocycles. The lowest BCUT2D eigenvalue weighted by atomic mass is 10.1. The van der Waals surface area contributed by atoms with Crippen LogP contribution in [0.5, 0.6) is 5.75 Å². The molecule has 1 aromatic carbocycles. The van der Waals surface area contributed by atoms with E-state index in [1.165, 1.54) is 0 Å². The average molecular weight is 405 g/mol. The van der Waals surface area contributed by atoms with Gasteiger partial charge in [0, 0.05) is 5.57 Å². The fourth-order valence-corrected chi connectivity index (χ4v) is 3.86. The Morgan fingerprint density at radius 2 is 2.15 bits per heavy atom. The SMILES string of the molecule is O=C(O)CN1C(=O)/C(=C/c2cccc(OCC3=CCCC=C3F)c2)SC1=S. The molecule has 2 aliphatic rings. The summed E-state index contributed by atoms with van der Waals surface area (Å²) in [5.41, 5.74) is 1.23. The van der Waals surface area contributed by atoms with E-state index in [0.29, 0.717) is 28.2 Å². The van der Waals surface area contributed by atoms with Crippen LogP contribution in [0.2, 0.25) is 0 Å². The number of thioether (sulfide) groups is 1. The Hall–Kier alpha value is -2.45. The number of hydrogen-bond acceptors (Lipinski definition) is 5. The van der Waals surface area contributed by atoms with E-state index in [-0.39, 0.29) is 16.8 Å². The van der Waals surface area contributed by atoms with E-state index in [0.717, 1.165) is 23.1 Å². The first kappa shape index (κ1) is 19.3. The van der Waals surface area contributed by atoms with Crippen LogP contribution in [-0.4, -0.2) is 39.4 Å². The predicted molar refractivity (Wildman–Crippen MR) is 106 cm³/mol. The maximum absolute atomic E-state index is 13.7. The molecule has 1 fully saturated rings. The molecule has 140 valence electrons. The first-order chi connectivity index (χ1) is 12.9. The maximum Gasteiger partial charge on any atom is 0.323 e. The molecule has 0 atom stereocenters. The molecule has 8 heteroatoms. The van der Waals surface area contributed by atoms with Gasteiger partial charge in [0.15, 0.2) is 0 Å². The number of nitrogens with zero attached hydrogens (tertiary/aromatic N) is 1. The normalized spacial score (nSPS) is 18.6. The summed E-state index contributed by atoms with van der Waals surface area (Å²) in [7, 11) is 0. The monoisotopic (exact) mass is 405 g/mol. The van der Waals surface area contributed by atoms with Crippen molar-refractivity contribution in [1.29, 1.82) is 0 Å². The molecule has 1 saturated heterocycles. The van der Waals surface area contributed by atoms with Gasteiger partial charge in [0.2, 0.25) is 0 Å². The van der Waals surface area contributed by atoms with Gasteiger partial charge in [-0.2, -0.15) is 0 Å². The second kappa shape index (κ2) is 8.49. The van der Waals surface area contributed by atoms with Gasteiger partial charge in [0.25, 0.3) is 5.91 Å². The van der Waals surface area contributed by atoms with Gasteiger partial charge in [0.05, 0.1) is 4.91 Å². The number of allylic oxidation sites excluding steroid dienone is 2. The molecule has 27 heavy (non-hydrogen) atoms. The Bertz CT molecular complexity index is 891. The number of carboxylic acids is 1. The number of aliphatic carboxylic acids is 1. The maximum atomic E-state index is 13.7. The minimum atomic E-state index is -1.12. The summed E-state index contributed by atoms with van der Waals surface area (Å²) in [6, 6.07) is 7.03. The molecule has 1 amide bonds. The number of ether oxygens (including phenoxy) is 1. The Labute approximate surface area is 165 Å². The molecule has 3 rings (SSSR count). The molecule has 1 aliphatic carbocycles. The van der Waals surface area contributed by atoms with Crippen LogP contribution >= 0.6 is 24.0 Å². The first-order valence-electron chi connectivity index (χ1n) is 8.19. The van der Waals surface area contributed by atoms with Crippen LogP contribution in [0.1, 0.15) is 18.4 Å². The average Bonchev–Trinajstić information content (AvgIpc) is 2.88. The van der Waals surface area contributed by atoms with Crippen molar-refractivity contribution >= 4 is 46.3 Å². The van der Waals surface area contributed by atoms with E-state index in [1.807, 2.05) is 6.08 Å². The van der Waals surface area contributed by atoms with Crippen LogP contribution in [0, 0.1) is 0 Å². The summed E-state index contributed by atoms with van der Waals surface area (Å²) < 4.78 is 19.6. The quantitative estimate of drug-likeness (QED) is 0.572. The zero-order chi connectivity index (χ0) is 19.4. The predicted octanol–water partition coefficient (Wildman–Crippen LogP) is 3.92. The largest absolute Gasteiger partial charge is 0.489 e. The van der Waals surface area contributed by atoms with Crippen LogP contribution in [-0.2, 0) is 9.59 Å². The molecule has 1 aliphatic heterocycles. The number of amides is 1. The minimum absolute atomic E-state index is 0.131. The smallest absolute Gasteiger partial charge is 0.323 e. The van der Waals surface area contributed by atoms with Gasteiger partial charge < -0.3 is 9.84 Å². The second-order valence-electron chi connectivity index (χ2n) is 5.88. The number of hydrogen-bond donors (Lipinski definition) is 1. The Morgan fingerprint density at radius 1 is 1.37 bits per heavy atom. The number of thiocarbonyl (C=S) groups is 1. The lowest BCUT2D eigenvalue weighted by molar-refractivity contribution is -0.140. The highest BCUT2D eigenvalue weighted by molar-refractivity contribution is 8.26. The van der Waals surface area contributed by atoms with E-state index in [4.69, 9.17) is 22.1 Å². The fraction of sp³-hybridized carbons (Fsp3) is 0.211. The van der Waals surface area contributed by atoms with Crippen LogP contribution < -0.4 is 4.74 Å². The molecule has 5 nitrogen and oxygen atoms in total. The van der Waals surface area contributed by atoms with Gasteiger partial charge in [-0.15, -0.1) is 0 Å². The summed E-state index contributed by atoms with van der Waals surface area (Å²) in [5.74, 6) is -1.26. The van der Waals surface area contributed by atoms with Crippen LogP contribution in [0.3, 0.4) is 0 Å². The standard InChI is InChI=1S/C19H16FNO4S2/c20-15-7-2-1-5-13(15)11-25-14-6-3-4-12(8-14)9-16-18(24)21(10-17(22)23)19(26)27-16/h3-9H,1-2,10-11H2,(H,22,23)/b16-9-. The van der Waals surface area contributed by atoms with Crippen molar-refractivity contribution in [3.63, 3.8) is 0 Å². The highest BCUT2D eigenvalue weighted by Gasteiger charge is 2.33. The molecule has 0 radical (unpaired) electrons. The van der Waals surface area contributed by atoms with E-state index in [2.05, 4.69) is 0 Å².